The van der Waals surface area contributed by atoms with E-state index in [1.54, 1.807) is 0 Å². The molecule has 3 rings (SSSR count). The van der Waals surface area contributed by atoms with Gasteiger partial charge in [0.05, 0.1) is 0 Å². The zero-order valence-electron chi connectivity index (χ0n) is 17.3. The molecule has 1 fully saturated rings. The molecule has 0 spiro atoms. The number of aryl methyl sites for hydroxylation is 1. The monoisotopic (exact) mass is 380 g/mol. The first kappa shape index (κ1) is 20.2. The number of ether oxygens (including phenoxy) is 1. The summed E-state index contributed by atoms with van der Waals surface area (Å²) in [6.07, 6.45) is 4.04. The van der Waals surface area contributed by atoms with Gasteiger partial charge in [-0.05, 0) is 74.4 Å². The van der Waals surface area contributed by atoms with Gasteiger partial charge >= 0.3 is 0 Å². The van der Waals surface area contributed by atoms with Crippen molar-refractivity contribution in [1.29, 1.82) is 0 Å². The minimum Gasteiger partial charge on any atom is -0.480 e. The van der Waals surface area contributed by atoms with Crippen molar-refractivity contribution < 1.29 is 9.53 Å². The normalized spacial score (nSPS) is 15.2. The quantitative estimate of drug-likeness (QED) is 0.752. The molecule has 1 aliphatic rings. The van der Waals surface area contributed by atoms with E-state index in [0.29, 0.717) is 13.0 Å². The molecular weight excluding hydrogens is 348 g/mol. The Kier molecular flexibility index (Phi) is 6.96. The van der Waals surface area contributed by atoms with Gasteiger partial charge in [-0.2, -0.15) is 0 Å². The van der Waals surface area contributed by atoms with Gasteiger partial charge in [0.1, 0.15) is 5.75 Å². The summed E-state index contributed by atoms with van der Waals surface area (Å²) in [4.78, 5) is 15.1. The summed E-state index contributed by atoms with van der Waals surface area (Å²) in [5, 5.41) is 3.03. The van der Waals surface area contributed by atoms with E-state index in [1.807, 2.05) is 26.0 Å². The standard InChI is InChI=1S/C24H32N2O2/c1-4-22(28-23-10-8-9-18(2)19(23)3)24(27)25-17-20-11-13-21(14-12-20)26-15-6-5-7-16-26/h8-14,22H,4-7,15-17H2,1-3H3,(H,25,27)/t22-/m0/s1. The molecule has 1 heterocycles. The van der Waals surface area contributed by atoms with E-state index in [1.165, 1.54) is 30.5 Å². The van der Waals surface area contributed by atoms with Gasteiger partial charge in [0.2, 0.25) is 0 Å². The fourth-order valence-corrected chi connectivity index (χ4v) is 3.61. The molecule has 4 heteroatoms. The summed E-state index contributed by atoms with van der Waals surface area (Å²) >= 11 is 0. The Morgan fingerprint density at radius 1 is 1.07 bits per heavy atom. The van der Waals surface area contributed by atoms with E-state index in [0.717, 1.165) is 30.0 Å². The van der Waals surface area contributed by atoms with Crippen LogP contribution in [0.25, 0.3) is 0 Å². The lowest BCUT2D eigenvalue weighted by Crippen LogP contribution is -2.37. The molecule has 1 saturated heterocycles. The van der Waals surface area contributed by atoms with Crippen molar-refractivity contribution in [2.45, 2.75) is 59.1 Å². The number of nitrogens with one attached hydrogen (secondary N) is 1. The van der Waals surface area contributed by atoms with Gasteiger partial charge in [-0.15, -0.1) is 0 Å². The van der Waals surface area contributed by atoms with Crippen LogP contribution in [0.5, 0.6) is 5.75 Å². The van der Waals surface area contributed by atoms with Gasteiger partial charge in [0, 0.05) is 25.3 Å². The number of benzene rings is 2. The van der Waals surface area contributed by atoms with E-state index in [-0.39, 0.29) is 5.91 Å². The van der Waals surface area contributed by atoms with Crippen LogP contribution in [-0.2, 0) is 11.3 Å². The second-order valence-electron chi connectivity index (χ2n) is 7.64. The number of carbonyl (C=O) groups is 1. The van der Waals surface area contributed by atoms with E-state index in [9.17, 15) is 4.79 Å². The van der Waals surface area contributed by atoms with Gasteiger partial charge in [-0.25, -0.2) is 0 Å². The van der Waals surface area contributed by atoms with Crippen LogP contribution in [0.1, 0.15) is 49.3 Å². The van der Waals surface area contributed by atoms with Crippen LogP contribution in [-0.4, -0.2) is 25.1 Å². The van der Waals surface area contributed by atoms with Crippen molar-refractivity contribution in [3.63, 3.8) is 0 Å². The van der Waals surface area contributed by atoms with Gasteiger partial charge < -0.3 is 15.0 Å². The molecule has 1 atom stereocenters. The molecule has 0 bridgehead atoms. The zero-order chi connectivity index (χ0) is 19.9. The highest BCUT2D eigenvalue weighted by atomic mass is 16.5. The summed E-state index contributed by atoms with van der Waals surface area (Å²) < 4.78 is 6.01. The first-order valence-electron chi connectivity index (χ1n) is 10.4. The molecule has 2 aromatic rings. The Bertz CT molecular complexity index is 780. The molecule has 1 N–H and O–H groups in total. The van der Waals surface area contributed by atoms with Gasteiger partial charge in [0.15, 0.2) is 6.10 Å². The fourth-order valence-electron chi connectivity index (χ4n) is 3.61. The first-order chi connectivity index (χ1) is 13.6. The van der Waals surface area contributed by atoms with Gasteiger partial charge in [-0.1, -0.05) is 31.2 Å². The van der Waals surface area contributed by atoms with Crippen LogP contribution in [0.15, 0.2) is 42.5 Å². The van der Waals surface area contributed by atoms with Crippen LogP contribution in [0.2, 0.25) is 0 Å². The molecule has 150 valence electrons. The number of carbonyl (C=O) groups excluding carboxylic acids is 1. The third-order valence-corrected chi connectivity index (χ3v) is 5.61. The van der Waals surface area contributed by atoms with Crippen molar-refractivity contribution in [1.82, 2.24) is 5.32 Å². The number of hydrogen-bond acceptors (Lipinski definition) is 3. The lowest BCUT2D eigenvalue weighted by atomic mass is 10.1. The number of piperidine rings is 1. The minimum absolute atomic E-state index is 0.0662. The smallest absolute Gasteiger partial charge is 0.261 e. The second kappa shape index (κ2) is 9.63. The molecule has 1 aliphatic heterocycles. The summed E-state index contributed by atoms with van der Waals surface area (Å²) in [6.45, 7) is 8.86. The highest BCUT2D eigenvalue weighted by molar-refractivity contribution is 5.81. The van der Waals surface area contributed by atoms with Crippen LogP contribution in [0.3, 0.4) is 0 Å². The number of amides is 1. The molecule has 0 unspecified atom stereocenters. The predicted octanol–water partition coefficient (Wildman–Crippen LogP) is 4.77. The Hall–Kier alpha value is -2.49. The van der Waals surface area contributed by atoms with Crippen molar-refractivity contribution in [2.24, 2.45) is 0 Å². The topological polar surface area (TPSA) is 41.6 Å². The number of nitrogens with zero attached hydrogens (tertiary/aromatic N) is 1. The molecular formula is C24H32N2O2. The third-order valence-electron chi connectivity index (χ3n) is 5.61. The summed E-state index contributed by atoms with van der Waals surface area (Å²) in [6, 6.07) is 14.5. The van der Waals surface area contributed by atoms with Crippen molar-refractivity contribution in [2.75, 3.05) is 18.0 Å². The highest BCUT2D eigenvalue weighted by Gasteiger charge is 2.19. The molecule has 0 radical (unpaired) electrons. The molecule has 0 saturated carbocycles. The zero-order valence-corrected chi connectivity index (χ0v) is 17.3. The van der Waals surface area contributed by atoms with Crippen LogP contribution < -0.4 is 15.0 Å². The van der Waals surface area contributed by atoms with Gasteiger partial charge in [-0.3, -0.25) is 4.79 Å². The van der Waals surface area contributed by atoms with E-state index in [2.05, 4.69) is 47.5 Å². The van der Waals surface area contributed by atoms with Crippen molar-refractivity contribution in [3.8, 4) is 5.75 Å². The van der Waals surface area contributed by atoms with Crippen LogP contribution >= 0.6 is 0 Å². The lowest BCUT2D eigenvalue weighted by molar-refractivity contribution is -0.128. The Balaban J connectivity index is 1.55. The minimum atomic E-state index is -0.479. The Morgan fingerprint density at radius 2 is 1.79 bits per heavy atom. The molecule has 2 aromatic carbocycles. The average molecular weight is 381 g/mol. The maximum absolute atomic E-state index is 12.6. The summed E-state index contributed by atoms with van der Waals surface area (Å²) in [5.41, 5.74) is 4.64. The molecule has 28 heavy (non-hydrogen) atoms. The van der Waals surface area contributed by atoms with E-state index < -0.39 is 6.10 Å². The second-order valence-corrected chi connectivity index (χ2v) is 7.64. The van der Waals surface area contributed by atoms with Crippen LogP contribution in [0.4, 0.5) is 5.69 Å². The Morgan fingerprint density at radius 3 is 2.46 bits per heavy atom. The Labute approximate surface area is 168 Å². The van der Waals surface area contributed by atoms with Gasteiger partial charge in [0.25, 0.3) is 5.91 Å². The SMILES string of the molecule is CC[C@H](Oc1cccc(C)c1C)C(=O)NCc1ccc(N2CCCCC2)cc1. The molecule has 0 aliphatic carbocycles. The number of hydrogen-bond donors (Lipinski definition) is 1. The van der Waals surface area contributed by atoms with E-state index >= 15 is 0 Å². The van der Waals surface area contributed by atoms with Crippen molar-refractivity contribution in [3.05, 3.63) is 59.2 Å². The van der Waals surface area contributed by atoms with Crippen molar-refractivity contribution >= 4 is 11.6 Å². The third kappa shape index (κ3) is 5.06. The number of anilines is 1. The predicted molar refractivity (Wildman–Crippen MR) is 115 cm³/mol. The maximum Gasteiger partial charge on any atom is 0.261 e. The molecule has 4 nitrogen and oxygen atoms in total. The van der Waals surface area contributed by atoms with Crippen LogP contribution in [0, 0.1) is 13.8 Å². The molecule has 0 aromatic heterocycles. The lowest BCUT2D eigenvalue weighted by Gasteiger charge is -2.28. The number of rotatable bonds is 7. The highest BCUT2D eigenvalue weighted by Crippen LogP contribution is 2.23. The molecule has 1 amide bonds. The fraction of sp³-hybridized carbons (Fsp3) is 0.458. The average Bonchev–Trinajstić information content (AvgIpc) is 2.74. The maximum atomic E-state index is 12.6. The van der Waals surface area contributed by atoms with E-state index in [4.69, 9.17) is 4.74 Å². The first-order valence-corrected chi connectivity index (χ1v) is 10.4. The summed E-state index contributed by atoms with van der Waals surface area (Å²) in [7, 11) is 0. The largest absolute Gasteiger partial charge is 0.480 e. The summed E-state index contributed by atoms with van der Waals surface area (Å²) in [5.74, 6) is 0.719.